The van der Waals surface area contributed by atoms with Gasteiger partial charge in [0.1, 0.15) is 35.0 Å². The smallest absolute Gasteiger partial charge is 0.144 e. The van der Waals surface area contributed by atoms with Crippen molar-refractivity contribution in [2.45, 2.75) is 58.8 Å². The Morgan fingerprint density at radius 2 is 0.915 bits per heavy atom. The second kappa shape index (κ2) is 10.6. The minimum absolute atomic E-state index is 0.116. The highest BCUT2D eigenvalue weighted by atomic mass is 16.3. The first kappa shape index (κ1) is 29.1. The Morgan fingerprint density at radius 1 is 0.489 bits per heavy atom. The van der Waals surface area contributed by atoms with Crippen LogP contribution in [0.1, 0.15) is 64.1 Å². The number of fused-ring (bicyclic) bond motifs is 6. The summed E-state index contributed by atoms with van der Waals surface area (Å²) in [5.41, 5.74) is 11.1. The van der Waals surface area contributed by atoms with Crippen LogP contribution in [0.15, 0.2) is 106 Å². The minimum atomic E-state index is -0.116. The van der Waals surface area contributed by atoms with Gasteiger partial charge in [-0.15, -0.1) is 0 Å². The van der Waals surface area contributed by atoms with Gasteiger partial charge in [-0.3, -0.25) is 0 Å². The fourth-order valence-corrected chi connectivity index (χ4v) is 6.42. The molecule has 0 fully saturated rings. The molecule has 0 atom stereocenters. The quantitative estimate of drug-likeness (QED) is 0.196. The molecular formula is C41H36N4O2. The van der Waals surface area contributed by atoms with E-state index in [0.717, 1.165) is 88.9 Å². The van der Waals surface area contributed by atoms with Gasteiger partial charge < -0.3 is 8.83 Å². The van der Waals surface area contributed by atoms with Gasteiger partial charge in [0, 0.05) is 54.9 Å². The molecule has 0 spiro atoms. The molecule has 47 heavy (non-hydrogen) atoms. The number of hydrogen-bond donors (Lipinski definition) is 0. The Kier molecular flexibility index (Phi) is 6.55. The summed E-state index contributed by atoms with van der Waals surface area (Å²) < 4.78 is 13.0. The molecule has 0 aliphatic rings. The molecule has 0 amide bonds. The van der Waals surface area contributed by atoms with Crippen molar-refractivity contribution in [2.75, 3.05) is 0 Å². The van der Waals surface area contributed by atoms with Crippen molar-refractivity contribution < 1.29 is 8.83 Å². The van der Waals surface area contributed by atoms with Crippen molar-refractivity contribution in [2.24, 2.45) is 0 Å². The normalized spacial score (nSPS) is 12.6. The SMILES string of the molecule is CC(C)(C)c1cc(-c2cc(Cc3cc(-c4cc(C(C)(C)C)ncn4)c4oc5ccccc5c4c3)cc3c2oc2ccccc23)ncn1. The highest BCUT2D eigenvalue weighted by Crippen LogP contribution is 2.40. The summed E-state index contributed by atoms with van der Waals surface area (Å²) in [6.45, 7) is 13.0. The second-order valence-corrected chi connectivity index (χ2v) is 14.5. The van der Waals surface area contributed by atoms with E-state index in [0.29, 0.717) is 6.42 Å². The molecule has 0 radical (unpaired) electrons. The summed E-state index contributed by atoms with van der Waals surface area (Å²) in [4.78, 5) is 18.7. The summed E-state index contributed by atoms with van der Waals surface area (Å²) in [6.07, 6.45) is 4.02. The van der Waals surface area contributed by atoms with Gasteiger partial charge in [-0.05, 0) is 66.1 Å². The van der Waals surface area contributed by atoms with E-state index in [1.807, 2.05) is 24.3 Å². The lowest BCUT2D eigenvalue weighted by atomic mass is 9.90. The van der Waals surface area contributed by atoms with Crippen molar-refractivity contribution in [3.63, 3.8) is 0 Å². The Bertz CT molecular complexity index is 2300. The van der Waals surface area contributed by atoms with Crippen LogP contribution in [-0.4, -0.2) is 19.9 Å². The Morgan fingerprint density at radius 3 is 1.34 bits per heavy atom. The van der Waals surface area contributed by atoms with Crippen LogP contribution in [0, 0.1) is 0 Å². The van der Waals surface area contributed by atoms with Crippen LogP contribution < -0.4 is 0 Å². The van der Waals surface area contributed by atoms with E-state index in [1.165, 1.54) is 0 Å². The maximum absolute atomic E-state index is 6.49. The maximum Gasteiger partial charge on any atom is 0.144 e. The van der Waals surface area contributed by atoms with E-state index in [2.05, 4.69) is 112 Å². The molecule has 4 aromatic heterocycles. The van der Waals surface area contributed by atoms with Crippen molar-refractivity contribution in [1.29, 1.82) is 0 Å². The van der Waals surface area contributed by atoms with Gasteiger partial charge in [0.05, 0.1) is 11.4 Å². The number of para-hydroxylation sites is 2. The van der Waals surface area contributed by atoms with E-state index in [1.54, 1.807) is 12.7 Å². The predicted molar refractivity (Wildman–Crippen MR) is 190 cm³/mol. The Labute approximate surface area is 273 Å². The number of hydrogen-bond acceptors (Lipinski definition) is 6. The lowest BCUT2D eigenvalue weighted by Gasteiger charge is -2.18. The predicted octanol–water partition coefficient (Wildman–Crippen LogP) is 10.6. The van der Waals surface area contributed by atoms with Gasteiger partial charge in [0.15, 0.2) is 0 Å². The molecule has 4 aromatic carbocycles. The minimum Gasteiger partial charge on any atom is -0.455 e. The molecule has 8 rings (SSSR count). The fourth-order valence-electron chi connectivity index (χ4n) is 6.42. The first-order valence-corrected chi connectivity index (χ1v) is 16.1. The maximum atomic E-state index is 6.49. The summed E-state index contributed by atoms with van der Waals surface area (Å²) in [5.74, 6) is 0. The molecule has 0 saturated carbocycles. The van der Waals surface area contributed by atoms with Crippen molar-refractivity contribution >= 4 is 43.9 Å². The largest absolute Gasteiger partial charge is 0.455 e. The molecule has 0 bridgehead atoms. The van der Waals surface area contributed by atoms with Crippen LogP contribution in [0.4, 0.5) is 0 Å². The Balaban J connectivity index is 1.34. The third-order valence-electron chi connectivity index (χ3n) is 8.91. The molecule has 6 heteroatoms. The fraction of sp³-hybridized carbons (Fsp3) is 0.220. The lowest BCUT2D eigenvalue weighted by molar-refractivity contribution is 0.567. The summed E-state index contributed by atoms with van der Waals surface area (Å²) in [6, 6.07) is 29.6. The van der Waals surface area contributed by atoms with Crippen LogP contribution in [0.3, 0.4) is 0 Å². The number of rotatable bonds is 4. The van der Waals surface area contributed by atoms with Gasteiger partial charge in [-0.25, -0.2) is 19.9 Å². The van der Waals surface area contributed by atoms with Gasteiger partial charge in [0.25, 0.3) is 0 Å². The van der Waals surface area contributed by atoms with E-state index >= 15 is 0 Å². The van der Waals surface area contributed by atoms with E-state index in [4.69, 9.17) is 18.8 Å². The summed E-state index contributed by atoms with van der Waals surface area (Å²) in [5, 5.41) is 4.32. The van der Waals surface area contributed by atoms with Crippen LogP contribution in [0.2, 0.25) is 0 Å². The van der Waals surface area contributed by atoms with Gasteiger partial charge in [-0.1, -0.05) is 77.9 Å². The van der Waals surface area contributed by atoms with Gasteiger partial charge >= 0.3 is 0 Å². The standard InChI is InChI=1S/C41H36N4O2/c1-40(2,3)36-20-32(42-22-44-36)30-18-24(16-28-26-11-7-9-13-34(26)46-38(28)30)15-25-17-29-27-12-8-10-14-35(27)47-39(29)31(19-25)33-21-37(41(4,5)6)45-23-43-33/h7-14,16-23H,15H2,1-6H3. The average molecular weight is 617 g/mol. The third-order valence-corrected chi connectivity index (χ3v) is 8.91. The van der Waals surface area contributed by atoms with Crippen LogP contribution >= 0.6 is 0 Å². The zero-order valence-corrected chi connectivity index (χ0v) is 27.6. The lowest BCUT2D eigenvalue weighted by Crippen LogP contribution is -2.13. The van der Waals surface area contributed by atoms with Crippen LogP contribution in [0.5, 0.6) is 0 Å². The van der Waals surface area contributed by atoms with Crippen molar-refractivity contribution in [3.8, 4) is 22.5 Å². The van der Waals surface area contributed by atoms with Gasteiger partial charge in [-0.2, -0.15) is 0 Å². The topological polar surface area (TPSA) is 77.8 Å². The average Bonchev–Trinajstić information content (AvgIpc) is 3.62. The number of benzene rings is 4. The molecule has 0 unspecified atom stereocenters. The molecule has 6 nitrogen and oxygen atoms in total. The highest BCUT2D eigenvalue weighted by Gasteiger charge is 2.22. The van der Waals surface area contributed by atoms with Crippen molar-refractivity contribution in [1.82, 2.24) is 19.9 Å². The molecule has 0 N–H and O–H groups in total. The van der Waals surface area contributed by atoms with Gasteiger partial charge in [0.2, 0.25) is 0 Å². The zero-order valence-electron chi connectivity index (χ0n) is 27.6. The molecule has 232 valence electrons. The monoisotopic (exact) mass is 616 g/mol. The summed E-state index contributed by atoms with van der Waals surface area (Å²) in [7, 11) is 0. The molecule has 4 heterocycles. The van der Waals surface area contributed by atoms with Crippen LogP contribution in [0.25, 0.3) is 66.4 Å². The molecule has 0 saturated heterocycles. The van der Waals surface area contributed by atoms with E-state index < -0.39 is 0 Å². The zero-order chi connectivity index (χ0) is 32.5. The number of furan rings is 2. The first-order chi connectivity index (χ1) is 22.5. The van der Waals surface area contributed by atoms with E-state index in [-0.39, 0.29) is 10.8 Å². The highest BCUT2D eigenvalue weighted by molar-refractivity contribution is 6.11. The first-order valence-electron chi connectivity index (χ1n) is 16.1. The molecule has 8 aromatic rings. The van der Waals surface area contributed by atoms with Crippen molar-refractivity contribution in [3.05, 3.63) is 120 Å². The second-order valence-electron chi connectivity index (χ2n) is 14.5. The van der Waals surface area contributed by atoms with E-state index in [9.17, 15) is 0 Å². The number of nitrogens with zero attached hydrogens (tertiary/aromatic N) is 4. The Hall–Kier alpha value is -5.36. The molecule has 0 aliphatic carbocycles. The summed E-state index contributed by atoms with van der Waals surface area (Å²) >= 11 is 0. The molecule has 0 aliphatic heterocycles. The number of aromatic nitrogens is 4. The van der Waals surface area contributed by atoms with Crippen LogP contribution in [-0.2, 0) is 17.3 Å². The molecular weight excluding hydrogens is 580 g/mol. The third kappa shape index (κ3) is 5.14.